The third kappa shape index (κ3) is 3.07. The summed E-state index contributed by atoms with van der Waals surface area (Å²) in [6.07, 6.45) is 4.63. The van der Waals surface area contributed by atoms with Crippen LogP contribution in [0.25, 0.3) is 0 Å². The summed E-state index contributed by atoms with van der Waals surface area (Å²) in [6, 6.07) is 6.05. The fraction of sp³-hybridized carbons (Fsp3) is 0.500. The lowest BCUT2D eigenvalue weighted by Crippen LogP contribution is -2.21. The minimum atomic E-state index is 0.880. The van der Waals surface area contributed by atoms with Crippen LogP contribution in [0.15, 0.2) is 23.2 Å². The van der Waals surface area contributed by atoms with E-state index in [0.29, 0.717) is 0 Å². The van der Waals surface area contributed by atoms with Gasteiger partial charge in [-0.3, -0.25) is 9.89 Å². The van der Waals surface area contributed by atoms with E-state index in [4.69, 9.17) is 4.74 Å². The summed E-state index contributed by atoms with van der Waals surface area (Å²) >= 11 is 0. The molecule has 0 N–H and O–H groups in total. The van der Waals surface area contributed by atoms with Crippen LogP contribution in [0.5, 0.6) is 5.75 Å². The molecule has 1 aliphatic heterocycles. The van der Waals surface area contributed by atoms with Gasteiger partial charge in [0.2, 0.25) is 0 Å². The Morgan fingerprint density at radius 3 is 2.82 bits per heavy atom. The van der Waals surface area contributed by atoms with Crippen molar-refractivity contribution in [2.24, 2.45) is 4.99 Å². The van der Waals surface area contributed by atoms with Gasteiger partial charge in [-0.15, -0.1) is 0 Å². The number of hydrogen-bond acceptors (Lipinski definition) is 3. The van der Waals surface area contributed by atoms with E-state index in [9.17, 15) is 0 Å². The molecule has 0 atom stereocenters. The molecule has 0 amide bonds. The second-order valence-corrected chi connectivity index (χ2v) is 4.45. The Kier molecular flexibility index (Phi) is 4.15. The van der Waals surface area contributed by atoms with E-state index in [1.54, 1.807) is 7.11 Å². The quantitative estimate of drug-likeness (QED) is 0.746. The van der Waals surface area contributed by atoms with E-state index in [1.807, 2.05) is 31.3 Å². The Bertz CT molecular complexity index is 395. The number of para-hydroxylation sites is 1. The second-order valence-electron chi connectivity index (χ2n) is 4.45. The maximum Gasteiger partial charge on any atom is 0.147 e. The summed E-state index contributed by atoms with van der Waals surface area (Å²) in [7, 11) is 1.70. The Morgan fingerprint density at radius 1 is 1.35 bits per heavy atom. The monoisotopic (exact) mass is 232 g/mol. The summed E-state index contributed by atoms with van der Waals surface area (Å²) in [6.45, 7) is 5.39. The summed E-state index contributed by atoms with van der Waals surface area (Å²) in [5.74, 6) is 0.880. The Morgan fingerprint density at radius 2 is 2.12 bits per heavy atom. The minimum absolute atomic E-state index is 0.880. The van der Waals surface area contributed by atoms with Crippen molar-refractivity contribution in [2.75, 3.05) is 26.7 Å². The average molecular weight is 232 g/mol. The first kappa shape index (κ1) is 12.1. The molecule has 0 radical (unpaired) electrons. The highest BCUT2D eigenvalue weighted by Gasteiger charge is 2.09. The first-order valence-corrected chi connectivity index (χ1v) is 6.20. The number of aryl methyl sites for hydroxylation is 1. The number of methoxy groups -OCH3 is 1. The molecule has 1 aliphatic rings. The standard InChI is InChI=1S/C14H20N2O/c1-12-6-5-7-13(14(12)17-2)15-8-11-16-9-3-4-10-16/h5-8H,3-4,9-11H2,1-2H3. The zero-order valence-electron chi connectivity index (χ0n) is 10.6. The van der Waals surface area contributed by atoms with Crippen LogP contribution < -0.4 is 4.74 Å². The average Bonchev–Trinajstić information content (AvgIpc) is 2.82. The van der Waals surface area contributed by atoms with Gasteiger partial charge < -0.3 is 4.74 Å². The summed E-state index contributed by atoms with van der Waals surface area (Å²) < 4.78 is 5.37. The van der Waals surface area contributed by atoms with E-state index in [2.05, 4.69) is 9.89 Å². The van der Waals surface area contributed by atoms with Crippen molar-refractivity contribution in [3.8, 4) is 5.75 Å². The normalized spacial score (nSPS) is 16.8. The zero-order chi connectivity index (χ0) is 12.1. The van der Waals surface area contributed by atoms with Gasteiger partial charge in [-0.05, 0) is 44.5 Å². The van der Waals surface area contributed by atoms with Gasteiger partial charge in [-0.2, -0.15) is 0 Å². The lowest BCUT2D eigenvalue weighted by molar-refractivity contribution is 0.391. The van der Waals surface area contributed by atoms with Crippen molar-refractivity contribution in [1.29, 1.82) is 0 Å². The Balaban J connectivity index is 2.02. The van der Waals surface area contributed by atoms with E-state index in [1.165, 1.54) is 25.9 Å². The number of aliphatic imine (C=N–C) groups is 1. The fourth-order valence-electron chi connectivity index (χ4n) is 2.22. The van der Waals surface area contributed by atoms with E-state index in [0.717, 1.165) is 23.5 Å². The Hall–Kier alpha value is -1.35. The van der Waals surface area contributed by atoms with E-state index < -0.39 is 0 Å². The van der Waals surface area contributed by atoms with Crippen molar-refractivity contribution in [2.45, 2.75) is 19.8 Å². The number of nitrogens with zero attached hydrogens (tertiary/aromatic N) is 2. The molecule has 17 heavy (non-hydrogen) atoms. The predicted octanol–water partition coefficient (Wildman–Crippen LogP) is 2.80. The maximum atomic E-state index is 5.37. The highest BCUT2D eigenvalue weighted by molar-refractivity contribution is 5.68. The molecule has 1 heterocycles. The molecule has 0 saturated carbocycles. The maximum absolute atomic E-state index is 5.37. The number of hydrogen-bond donors (Lipinski definition) is 0. The van der Waals surface area contributed by atoms with Crippen LogP contribution in [0, 0.1) is 6.92 Å². The smallest absolute Gasteiger partial charge is 0.147 e. The molecule has 3 heteroatoms. The molecule has 0 aromatic heterocycles. The van der Waals surface area contributed by atoms with Crippen LogP contribution >= 0.6 is 0 Å². The SMILES string of the molecule is COc1c(C)cccc1N=CCN1CCCC1. The second kappa shape index (κ2) is 5.82. The zero-order valence-corrected chi connectivity index (χ0v) is 10.6. The molecule has 0 unspecified atom stereocenters. The molecule has 1 saturated heterocycles. The van der Waals surface area contributed by atoms with E-state index >= 15 is 0 Å². The summed E-state index contributed by atoms with van der Waals surface area (Å²) in [5.41, 5.74) is 2.05. The number of ether oxygens (including phenoxy) is 1. The van der Waals surface area contributed by atoms with Crippen LogP contribution in [0.4, 0.5) is 5.69 Å². The Labute approximate surface area is 103 Å². The number of rotatable bonds is 4. The minimum Gasteiger partial charge on any atom is -0.494 e. The molecule has 0 bridgehead atoms. The number of likely N-dealkylation sites (tertiary alicyclic amines) is 1. The van der Waals surface area contributed by atoms with Gasteiger partial charge in [0.1, 0.15) is 11.4 Å². The predicted molar refractivity (Wildman–Crippen MR) is 71.6 cm³/mol. The molecular weight excluding hydrogens is 212 g/mol. The molecule has 0 spiro atoms. The summed E-state index contributed by atoms with van der Waals surface area (Å²) in [4.78, 5) is 6.93. The van der Waals surface area contributed by atoms with Crippen LogP contribution in [0.3, 0.4) is 0 Å². The fourth-order valence-corrected chi connectivity index (χ4v) is 2.22. The van der Waals surface area contributed by atoms with Gasteiger partial charge in [0, 0.05) is 12.8 Å². The molecule has 92 valence electrons. The van der Waals surface area contributed by atoms with Gasteiger partial charge in [0.25, 0.3) is 0 Å². The first-order valence-electron chi connectivity index (χ1n) is 6.20. The van der Waals surface area contributed by atoms with Gasteiger partial charge in [0.05, 0.1) is 7.11 Å². The van der Waals surface area contributed by atoms with Crippen molar-refractivity contribution in [1.82, 2.24) is 4.90 Å². The topological polar surface area (TPSA) is 24.8 Å². The molecule has 2 rings (SSSR count). The van der Waals surface area contributed by atoms with E-state index in [-0.39, 0.29) is 0 Å². The molecule has 1 aromatic carbocycles. The van der Waals surface area contributed by atoms with Gasteiger partial charge in [-0.25, -0.2) is 0 Å². The van der Waals surface area contributed by atoms with Crippen molar-refractivity contribution >= 4 is 11.9 Å². The van der Waals surface area contributed by atoms with Gasteiger partial charge in [0.15, 0.2) is 0 Å². The lowest BCUT2D eigenvalue weighted by atomic mass is 10.2. The third-order valence-electron chi connectivity index (χ3n) is 3.16. The van der Waals surface area contributed by atoms with Crippen LogP contribution in [0.1, 0.15) is 18.4 Å². The first-order chi connectivity index (χ1) is 8.31. The van der Waals surface area contributed by atoms with Crippen LogP contribution in [-0.4, -0.2) is 37.9 Å². The molecule has 1 fully saturated rings. The van der Waals surface area contributed by atoms with Gasteiger partial charge >= 0.3 is 0 Å². The lowest BCUT2D eigenvalue weighted by Gasteiger charge is -2.11. The van der Waals surface area contributed by atoms with Crippen molar-refractivity contribution in [3.63, 3.8) is 0 Å². The largest absolute Gasteiger partial charge is 0.494 e. The highest BCUT2D eigenvalue weighted by atomic mass is 16.5. The third-order valence-corrected chi connectivity index (χ3v) is 3.16. The van der Waals surface area contributed by atoms with Crippen molar-refractivity contribution < 1.29 is 4.74 Å². The molecule has 0 aliphatic carbocycles. The number of benzene rings is 1. The molecule has 1 aromatic rings. The molecular formula is C14H20N2O. The van der Waals surface area contributed by atoms with Gasteiger partial charge in [-0.1, -0.05) is 12.1 Å². The van der Waals surface area contributed by atoms with Crippen molar-refractivity contribution in [3.05, 3.63) is 23.8 Å². The highest BCUT2D eigenvalue weighted by Crippen LogP contribution is 2.30. The summed E-state index contributed by atoms with van der Waals surface area (Å²) in [5, 5.41) is 0. The van der Waals surface area contributed by atoms with Crippen LogP contribution in [-0.2, 0) is 0 Å². The molecule has 3 nitrogen and oxygen atoms in total. The van der Waals surface area contributed by atoms with Crippen LogP contribution in [0.2, 0.25) is 0 Å².